The molecule has 1 heterocycles. The van der Waals surface area contributed by atoms with E-state index in [1.165, 1.54) is 0 Å². The lowest BCUT2D eigenvalue weighted by molar-refractivity contribution is -0.991. The Morgan fingerprint density at radius 3 is 2.26 bits per heavy atom. The molecule has 5 nitrogen and oxygen atoms in total. The molecule has 0 fully saturated rings. The maximum absolute atomic E-state index is 11.7. The third kappa shape index (κ3) is 3.49. The number of nitrogens with one attached hydrogen (secondary N) is 2. The third-order valence-corrected chi connectivity index (χ3v) is 4.81. The van der Waals surface area contributed by atoms with Crippen LogP contribution >= 0.6 is 0 Å². The number of aliphatic hydroxyl groups excluding tert-OH is 1. The number of fused-ring (bicyclic) bond motifs is 1. The van der Waals surface area contributed by atoms with Gasteiger partial charge in [0, 0.05) is 22.9 Å². The minimum atomic E-state index is -0.995. The van der Waals surface area contributed by atoms with Crippen molar-refractivity contribution in [1.82, 2.24) is 0 Å². The summed E-state index contributed by atoms with van der Waals surface area (Å²) in [5, 5.41) is 34.4. The second-order valence-electron chi connectivity index (χ2n) is 6.55. The lowest BCUT2D eigenvalue weighted by Crippen LogP contribution is -2.99. The van der Waals surface area contributed by atoms with Crippen LogP contribution in [-0.4, -0.2) is 10.3 Å². The summed E-state index contributed by atoms with van der Waals surface area (Å²) in [6, 6.07) is 22.4. The molecule has 0 saturated carbocycles. The molecule has 27 heavy (non-hydrogen) atoms. The molecule has 136 valence electrons. The third-order valence-electron chi connectivity index (χ3n) is 4.81. The van der Waals surface area contributed by atoms with Gasteiger partial charge in [0.15, 0.2) is 5.69 Å². The summed E-state index contributed by atoms with van der Waals surface area (Å²) in [6.07, 6.45) is 2.91. The highest BCUT2D eigenvalue weighted by Crippen LogP contribution is 2.44. The van der Waals surface area contributed by atoms with Crippen LogP contribution in [0.3, 0.4) is 0 Å². The van der Waals surface area contributed by atoms with Crippen molar-refractivity contribution in [3.05, 3.63) is 100 Å². The molecule has 0 aliphatic carbocycles. The zero-order valence-electron chi connectivity index (χ0n) is 14.5. The van der Waals surface area contributed by atoms with Gasteiger partial charge in [0.1, 0.15) is 6.10 Å². The van der Waals surface area contributed by atoms with E-state index in [1.54, 1.807) is 18.2 Å². The van der Waals surface area contributed by atoms with E-state index in [0.717, 1.165) is 11.1 Å². The molecule has 1 aliphatic heterocycles. The van der Waals surface area contributed by atoms with Gasteiger partial charge in [-0.25, -0.2) is 5.21 Å². The van der Waals surface area contributed by atoms with Gasteiger partial charge in [-0.1, -0.05) is 66.7 Å². The van der Waals surface area contributed by atoms with Crippen molar-refractivity contribution in [2.24, 2.45) is 0 Å². The molecule has 1 aliphatic rings. The molecule has 0 radical (unpaired) electrons. The average Bonchev–Trinajstić information content (AvgIpc) is 3.03. The van der Waals surface area contributed by atoms with Crippen molar-refractivity contribution in [2.75, 3.05) is 5.32 Å². The predicted molar refractivity (Wildman–Crippen MR) is 105 cm³/mol. The van der Waals surface area contributed by atoms with E-state index in [2.05, 4.69) is 5.32 Å². The van der Waals surface area contributed by atoms with Gasteiger partial charge in [-0.05, 0) is 23.3 Å². The molecule has 4 N–H and O–H groups in total. The smallest absolute Gasteiger partial charge is 0.173 e. The molecule has 0 aromatic heterocycles. The Kier molecular flexibility index (Phi) is 4.75. The van der Waals surface area contributed by atoms with Crippen LogP contribution in [0.25, 0.3) is 12.2 Å². The minimum Gasteiger partial charge on any atom is -0.595 e. The predicted octanol–water partition coefficient (Wildman–Crippen LogP) is 3.46. The van der Waals surface area contributed by atoms with E-state index in [-0.39, 0.29) is 11.7 Å². The molecule has 3 aromatic carbocycles. The highest BCUT2D eigenvalue weighted by Gasteiger charge is 2.33. The monoisotopic (exact) mass is 360 g/mol. The molecule has 3 unspecified atom stereocenters. The van der Waals surface area contributed by atoms with Crippen LogP contribution in [-0.2, 0) is 0 Å². The summed E-state index contributed by atoms with van der Waals surface area (Å²) < 4.78 is 0. The minimum absolute atomic E-state index is 0.203. The van der Waals surface area contributed by atoms with Crippen LogP contribution < -0.4 is 10.5 Å². The number of aliphatic hydroxyl groups is 1. The second-order valence-corrected chi connectivity index (χ2v) is 6.55. The molecule has 0 saturated heterocycles. The van der Waals surface area contributed by atoms with Crippen molar-refractivity contribution in [3.8, 4) is 0 Å². The number of anilines is 1. The summed E-state index contributed by atoms with van der Waals surface area (Å²) in [6.45, 7) is 0. The van der Waals surface area contributed by atoms with Crippen molar-refractivity contribution in [1.29, 1.82) is 0 Å². The number of hydrogen-bond acceptors (Lipinski definition) is 4. The number of rotatable bonds is 4. The van der Waals surface area contributed by atoms with Crippen LogP contribution in [0.1, 0.15) is 34.4 Å². The van der Waals surface area contributed by atoms with E-state index in [0.29, 0.717) is 16.8 Å². The van der Waals surface area contributed by atoms with Crippen molar-refractivity contribution >= 4 is 23.5 Å². The standard InChI is InChI=1S/C22H20N2O3/c25-22-18-13-17(12-11-15-7-3-1-4-8-15)20(24(26)27)14-19(18)23-21(22)16-9-5-2-6-10-16/h1-14,21-26H. The highest BCUT2D eigenvalue weighted by atomic mass is 16.8. The Morgan fingerprint density at radius 2 is 1.59 bits per heavy atom. The molecule has 4 rings (SSSR count). The maximum atomic E-state index is 11.7. The van der Waals surface area contributed by atoms with Crippen LogP contribution in [0.2, 0.25) is 0 Å². The molecular weight excluding hydrogens is 340 g/mol. The normalized spacial score (nSPS) is 19.7. The van der Waals surface area contributed by atoms with Crippen molar-refractivity contribution < 1.29 is 15.5 Å². The van der Waals surface area contributed by atoms with E-state index < -0.39 is 11.3 Å². The van der Waals surface area contributed by atoms with Gasteiger partial charge in [0.05, 0.1) is 6.04 Å². The summed E-state index contributed by atoms with van der Waals surface area (Å²) in [7, 11) is 0. The average molecular weight is 360 g/mol. The Labute approximate surface area is 157 Å². The Morgan fingerprint density at radius 1 is 0.926 bits per heavy atom. The van der Waals surface area contributed by atoms with Gasteiger partial charge in [-0.2, -0.15) is 5.23 Å². The maximum Gasteiger partial charge on any atom is 0.173 e. The van der Waals surface area contributed by atoms with E-state index in [4.69, 9.17) is 0 Å². The summed E-state index contributed by atoms with van der Waals surface area (Å²) in [5.41, 5.74) is 4.08. The number of quaternary nitrogens is 1. The van der Waals surface area contributed by atoms with Crippen LogP contribution in [0, 0.1) is 5.21 Å². The largest absolute Gasteiger partial charge is 0.595 e. The topological polar surface area (TPSA) is 80.0 Å². The van der Waals surface area contributed by atoms with Gasteiger partial charge in [-0.3, -0.25) is 0 Å². The van der Waals surface area contributed by atoms with Crippen molar-refractivity contribution in [3.63, 3.8) is 0 Å². The van der Waals surface area contributed by atoms with E-state index >= 15 is 0 Å². The zero-order valence-corrected chi connectivity index (χ0v) is 14.5. The van der Waals surface area contributed by atoms with Crippen LogP contribution in [0.4, 0.5) is 11.4 Å². The van der Waals surface area contributed by atoms with Gasteiger partial charge < -0.3 is 15.6 Å². The van der Waals surface area contributed by atoms with Gasteiger partial charge in [0.2, 0.25) is 0 Å². The molecule has 3 atom stereocenters. The summed E-state index contributed by atoms with van der Waals surface area (Å²) in [4.78, 5) is 0. The number of hydrogen-bond donors (Lipinski definition) is 4. The fraction of sp³-hybridized carbons (Fsp3) is 0.0909. The first-order valence-corrected chi connectivity index (χ1v) is 8.77. The Balaban J connectivity index is 1.71. The molecule has 3 aromatic rings. The molecule has 0 spiro atoms. The lowest BCUT2D eigenvalue weighted by Gasteiger charge is -2.16. The summed E-state index contributed by atoms with van der Waals surface area (Å²) in [5.74, 6) is 0. The van der Waals surface area contributed by atoms with Gasteiger partial charge in [0.25, 0.3) is 0 Å². The first-order valence-electron chi connectivity index (χ1n) is 8.77. The molecule has 5 heteroatoms. The Hall–Kier alpha value is -2.96. The van der Waals surface area contributed by atoms with E-state index in [9.17, 15) is 15.5 Å². The first kappa shape index (κ1) is 17.5. The number of benzene rings is 3. The lowest BCUT2D eigenvalue weighted by atomic mass is 9.98. The SMILES string of the molecule is [O-][NH+](O)c1cc2c(cc1C=Cc1ccccc1)C(O)C(c1ccccc1)N2. The van der Waals surface area contributed by atoms with Gasteiger partial charge in [-0.15, -0.1) is 0 Å². The fourth-order valence-electron chi connectivity index (χ4n) is 3.43. The second kappa shape index (κ2) is 7.34. The fourth-order valence-corrected chi connectivity index (χ4v) is 3.43. The van der Waals surface area contributed by atoms with E-state index in [1.807, 2.05) is 66.7 Å². The highest BCUT2D eigenvalue weighted by molar-refractivity contribution is 5.78. The first-order chi connectivity index (χ1) is 13.1. The molecule has 0 bridgehead atoms. The van der Waals surface area contributed by atoms with Crippen LogP contribution in [0.15, 0.2) is 72.8 Å². The quantitative estimate of drug-likeness (QED) is 0.424. The zero-order chi connectivity index (χ0) is 18.8. The summed E-state index contributed by atoms with van der Waals surface area (Å²) >= 11 is 0. The molecular formula is C22H20N2O3. The van der Waals surface area contributed by atoms with Crippen molar-refractivity contribution in [2.45, 2.75) is 12.1 Å². The molecule has 0 amide bonds. The van der Waals surface area contributed by atoms with Crippen LogP contribution in [0.5, 0.6) is 0 Å². The van der Waals surface area contributed by atoms with Gasteiger partial charge >= 0.3 is 0 Å². The Bertz CT molecular complexity index is 956.